The minimum Gasteiger partial charge on any atom is -0.464 e. The molecule has 0 atom stereocenters. The van der Waals surface area contributed by atoms with Crippen LogP contribution < -0.4 is 0 Å². The Morgan fingerprint density at radius 3 is 2.13 bits per heavy atom. The smallest absolute Gasteiger partial charge is 0.322 e. The highest BCUT2D eigenvalue weighted by atomic mass is 79.9. The fourth-order valence-corrected chi connectivity index (χ4v) is 1.71. The third-order valence-corrected chi connectivity index (χ3v) is 3.44. The maximum absolute atomic E-state index is 11.6. The van der Waals surface area contributed by atoms with Crippen molar-refractivity contribution in [1.82, 2.24) is 15.0 Å². The number of aromatic nitrogens is 3. The molecule has 0 spiro atoms. The van der Waals surface area contributed by atoms with Crippen molar-refractivity contribution in [1.29, 1.82) is 0 Å². The highest BCUT2D eigenvalue weighted by Crippen LogP contribution is 2.18. The number of alkyl halides is 2. The molecule has 23 heavy (non-hydrogen) atoms. The zero-order valence-electron chi connectivity index (χ0n) is 13.6. The molecule has 1 aromatic heterocycles. The highest BCUT2D eigenvalue weighted by molar-refractivity contribution is 9.10. The van der Waals surface area contributed by atoms with Crippen molar-refractivity contribution in [2.45, 2.75) is 49.3 Å². The SMILES string of the molecule is CC(C)(Br)C(=O)OCCc1cnnn1CCOC(=O)C(C)(C)Br. The number of carbonyl (C=O) groups excluding carboxylic acids is 2. The molecule has 0 aliphatic carbocycles. The monoisotopic (exact) mass is 453 g/mol. The summed E-state index contributed by atoms with van der Waals surface area (Å²) in [7, 11) is 0. The van der Waals surface area contributed by atoms with Gasteiger partial charge in [0.1, 0.15) is 15.3 Å². The standard InChI is InChI=1S/C14H21Br2N3O4/c1-13(2,15)11(20)22-7-5-10-9-17-18-19(10)6-8-23-12(21)14(3,4)16/h9H,5-8H2,1-4H3. The predicted octanol–water partition coefficient (Wildman–Crippen LogP) is 2.25. The van der Waals surface area contributed by atoms with Crippen LogP contribution in [0.2, 0.25) is 0 Å². The molecule has 1 rings (SSSR count). The van der Waals surface area contributed by atoms with Gasteiger partial charge in [-0.3, -0.25) is 9.59 Å². The van der Waals surface area contributed by atoms with Gasteiger partial charge in [0, 0.05) is 6.42 Å². The van der Waals surface area contributed by atoms with Crippen LogP contribution in [0.1, 0.15) is 33.4 Å². The molecule has 7 nitrogen and oxygen atoms in total. The average molecular weight is 455 g/mol. The summed E-state index contributed by atoms with van der Waals surface area (Å²) in [5, 5.41) is 7.76. The van der Waals surface area contributed by atoms with Crippen molar-refractivity contribution in [2.24, 2.45) is 0 Å². The lowest BCUT2D eigenvalue weighted by Crippen LogP contribution is -2.28. The maximum atomic E-state index is 11.6. The Hall–Kier alpha value is -0.960. The van der Waals surface area contributed by atoms with Crippen molar-refractivity contribution in [2.75, 3.05) is 13.2 Å². The summed E-state index contributed by atoms with van der Waals surface area (Å²) in [6, 6.07) is 0. The van der Waals surface area contributed by atoms with Gasteiger partial charge in [-0.15, -0.1) is 5.10 Å². The number of ether oxygens (including phenoxy) is 2. The average Bonchev–Trinajstić information content (AvgIpc) is 2.84. The Bertz CT molecular complexity index is 500. The maximum Gasteiger partial charge on any atom is 0.322 e. The summed E-state index contributed by atoms with van der Waals surface area (Å²) in [4.78, 5) is 23.3. The Kier molecular flexibility index (Phi) is 7.19. The van der Waals surface area contributed by atoms with Crippen LogP contribution in [0.25, 0.3) is 0 Å². The van der Waals surface area contributed by atoms with Crippen LogP contribution >= 0.6 is 31.9 Å². The topological polar surface area (TPSA) is 83.3 Å². The van der Waals surface area contributed by atoms with E-state index in [-0.39, 0.29) is 25.2 Å². The Balaban J connectivity index is 2.42. The molecule has 9 heteroatoms. The van der Waals surface area contributed by atoms with Crippen LogP contribution in [-0.4, -0.2) is 48.8 Å². The normalized spacial score (nSPS) is 12.1. The van der Waals surface area contributed by atoms with Gasteiger partial charge in [0.2, 0.25) is 0 Å². The Morgan fingerprint density at radius 2 is 1.61 bits per heavy atom. The van der Waals surface area contributed by atoms with Gasteiger partial charge in [0.15, 0.2) is 0 Å². The number of nitrogens with zero attached hydrogens (tertiary/aromatic N) is 3. The molecule has 0 aliphatic heterocycles. The molecule has 0 N–H and O–H groups in total. The van der Waals surface area contributed by atoms with Crippen molar-refractivity contribution in [3.63, 3.8) is 0 Å². The molecule has 0 unspecified atom stereocenters. The third kappa shape index (κ3) is 6.99. The first-order valence-corrected chi connectivity index (χ1v) is 8.70. The van der Waals surface area contributed by atoms with Crippen LogP contribution in [0, 0.1) is 0 Å². The Morgan fingerprint density at radius 1 is 1.09 bits per heavy atom. The number of carbonyl (C=O) groups is 2. The number of hydrogen-bond donors (Lipinski definition) is 0. The van der Waals surface area contributed by atoms with E-state index in [2.05, 4.69) is 42.2 Å². The minimum atomic E-state index is -0.713. The highest BCUT2D eigenvalue weighted by Gasteiger charge is 2.26. The zero-order chi connectivity index (χ0) is 17.7. The first-order valence-electron chi connectivity index (χ1n) is 7.11. The van der Waals surface area contributed by atoms with Gasteiger partial charge in [-0.05, 0) is 27.7 Å². The number of hydrogen-bond acceptors (Lipinski definition) is 6. The van der Waals surface area contributed by atoms with E-state index in [0.717, 1.165) is 5.69 Å². The molecular weight excluding hydrogens is 434 g/mol. The van der Waals surface area contributed by atoms with Crippen molar-refractivity contribution in [3.8, 4) is 0 Å². The molecule has 0 saturated carbocycles. The lowest BCUT2D eigenvalue weighted by atomic mass is 10.2. The van der Waals surface area contributed by atoms with Crippen molar-refractivity contribution >= 4 is 43.8 Å². The summed E-state index contributed by atoms with van der Waals surface area (Å²) >= 11 is 6.48. The molecule has 0 amide bonds. The van der Waals surface area contributed by atoms with E-state index >= 15 is 0 Å². The quantitative estimate of drug-likeness (QED) is 0.442. The van der Waals surface area contributed by atoms with E-state index in [9.17, 15) is 9.59 Å². The number of halogens is 2. The van der Waals surface area contributed by atoms with Crippen molar-refractivity contribution < 1.29 is 19.1 Å². The predicted molar refractivity (Wildman–Crippen MR) is 91.7 cm³/mol. The second kappa shape index (κ2) is 8.23. The molecule has 0 aromatic carbocycles. The van der Waals surface area contributed by atoms with E-state index in [1.54, 1.807) is 38.6 Å². The van der Waals surface area contributed by atoms with E-state index in [1.165, 1.54) is 0 Å². The molecule has 0 bridgehead atoms. The van der Waals surface area contributed by atoms with E-state index in [0.29, 0.717) is 13.0 Å². The van der Waals surface area contributed by atoms with Crippen LogP contribution in [0.5, 0.6) is 0 Å². The van der Waals surface area contributed by atoms with Gasteiger partial charge in [-0.25, -0.2) is 4.68 Å². The first-order chi connectivity index (χ1) is 10.5. The Labute approximate surface area is 152 Å². The fourth-order valence-electron chi connectivity index (χ4n) is 1.48. The molecular formula is C14H21Br2N3O4. The van der Waals surface area contributed by atoms with Gasteiger partial charge in [0.25, 0.3) is 0 Å². The minimum absolute atomic E-state index is 0.193. The van der Waals surface area contributed by atoms with Crippen molar-refractivity contribution in [3.05, 3.63) is 11.9 Å². The second-order valence-electron chi connectivity index (χ2n) is 5.92. The fraction of sp³-hybridized carbons (Fsp3) is 0.714. The summed E-state index contributed by atoms with van der Waals surface area (Å²) in [5.41, 5.74) is 0.805. The van der Waals surface area contributed by atoms with E-state index in [1.807, 2.05) is 0 Å². The van der Waals surface area contributed by atoms with Gasteiger partial charge >= 0.3 is 11.9 Å². The van der Waals surface area contributed by atoms with Crippen LogP contribution in [0.3, 0.4) is 0 Å². The third-order valence-electron chi connectivity index (χ3n) is 2.80. The van der Waals surface area contributed by atoms with Gasteiger partial charge in [-0.2, -0.15) is 0 Å². The van der Waals surface area contributed by atoms with E-state index < -0.39 is 8.65 Å². The van der Waals surface area contributed by atoms with Crippen LogP contribution in [0.4, 0.5) is 0 Å². The largest absolute Gasteiger partial charge is 0.464 e. The summed E-state index contributed by atoms with van der Waals surface area (Å²) in [6.07, 6.45) is 2.09. The lowest BCUT2D eigenvalue weighted by molar-refractivity contribution is -0.146. The van der Waals surface area contributed by atoms with Crippen LogP contribution in [0.15, 0.2) is 6.20 Å². The molecule has 0 saturated heterocycles. The molecule has 0 radical (unpaired) electrons. The number of rotatable bonds is 8. The molecule has 0 fully saturated rings. The molecule has 1 aromatic rings. The summed E-state index contributed by atoms with van der Waals surface area (Å²) < 4.78 is 10.5. The second-order valence-corrected chi connectivity index (χ2v) is 9.88. The summed E-state index contributed by atoms with van der Waals surface area (Å²) in [5.74, 6) is -0.669. The van der Waals surface area contributed by atoms with E-state index in [4.69, 9.17) is 9.47 Å². The molecule has 0 aliphatic rings. The summed E-state index contributed by atoms with van der Waals surface area (Å²) in [6.45, 7) is 7.70. The van der Waals surface area contributed by atoms with Crippen LogP contribution in [-0.2, 0) is 32.0 Å². The van der Waals surface area contributed by atoms with Gasteiger partial charge in [-0.1, -0.05) is 37.1 Å². The number of esters is 2. The van der Waals surface area contributed by atoms with Gasteiger partial charge < -0.3 is 9.47 Å². The lowest BCUT2D eigenvalue weighted by Gasteiger charge is -2.16. The first kappa shape index (κ1) is 20.1. The van der Waals surface area contributed by atoms with Gasteiger partial charge in [0.05, 0.1) is 25.0 Å². The zero-order valence-corrected chi connectivity index (χ0v) is 16.8. The molecule has 1 heterocycles. The molecule has 130 valence electrons.